The van der Waals surface area contributed by atoms with Gasteiger partial charge in [-0.1, -0.05) is 30.3 Å². The summed E-state index contributed by atoms with van der Waals surface area (Å²) in [6.45, 7) is 3.56. The quantitative estimate of drug-likeness (QED) is 0.655. The van der Waals surface area contributed by atoms with Crippen LogP contribution in [0.25, 0.3) is 0 Å². The molecular weight excluding hydrogens is 330 g/mol. The van der Waals surface area contributed by atoms with Crippen LogP contribution in [-0.2, 0) is 16.1 Å². The van der Waals surface area contributed by atoms with Gasteiger partial charge in [0.05, 0.1) is 5.56 Å². The van der Waals surface area contributed by atoms with Crippen molar-refractivity contribution in [2.24, 2.45) is 0 Å². The van der Waals surface area contributed by atoms with Crippen LogP contribution in [0.2, 0.25) is 0 Å². The van der Waals surface area contributed by atoms with E-state index in [2.05, 4.69) is 17.0 Å². The number of benzene rings is 2. The molecule has 0 atom stereocenters. The molecule has 2 aromatic rings. The Kier molecular flexibility index (Phi) is 5.86. The molecule has 136 valence electrons. The van der Waals surface area contributed by atoms with E-state index in [0.717, 1.165) is 19.6 Å². The second-order valence-corrected chi connectivity index (χ2v) is 6.34. The van der Waals surface area contributed by atoms with Crippen molar-refractivity contribution in [1.82, 2.24) is 9.80 Å². The fourth-order valence-corrected chi connectivity index (χ4v) is 2.92. The monoisotopic (exact) mass is 353 g/mol. The Labute approximate surface area is 153 Å². The zero-order valence-corrected chi connectivity index (χ0v) is 14.6. The lowest BCUT2D eigenvalue weighted by molar-refractivity contribution is -0.136. The number of nitrogens with two attached hydrogens (primary N) is 1. The van der Waals surface area contributed by atoms with Gasteiger partial charge in [-0.25, -0.2) is 4.79 Å². The van der Waals surface area contributed by atoms with E-state index in [1.807, 2.05) is 18.2 Å². The summed E-state index contributed by atoms with van der Waals surface area (Å²) in [6.07, 6.45) is 0. The van der Waals surface area contributed by atoms with Crippen molar-refractivity contribution in [2.75, 3.05) is 38.5 Å². The highest BCUT2D eigenvalue weighted by Gasteiger charge is 2.22. The minimum absolute atomic E-state index is 0.159. The Morgan fingerprint density at radius 3 is 2.23 bits per heavy atom. The van der Waals surface area contributed by atoms with Crippen LogP contribution in [0, 0.1) is 0 Å². The molecule has 0 bridgehead atoms. The number of esters is 1. The summed E-state index contributed by atoms with van der Waals surface area (Å²) < 4.78 is 5.12. The first kappa shape index (κ1) is 17.9. The van der Waals surface area contributed by atoms with Crippen LogP contribution >= 0.6 is 0 Å². The maximum Gasteiger partial charge on any atom is 0.338 e. The average Bonchev–Trinajstić information content (AvgIpc) is 2.68. The van der Waals surface area contributed by atoms with Crippen LogP contribution in [0.1, 0.15) is 15.9 Å². The number of amides is 1. The first-order chi connectivity index (χ1) is 12.6. The smallest absolute Gasteiger partial charge is 0.338 e. The van der Waals surface area contributed by atoms with E-state index in [9.17, 15) is 9.59 Å². The Hall–Kier alpha value is -2.86. The molecule has 3 rings (SSSR count). The number of anilines is 1. The van der Waals surface area contributed by atoms with Crippen molar-refractivity contribution < 1.29 is 14.3 Å². The second kappa shape index (κ2) is 8.49. The lowest BCUT2D eigenvalue weighted by Gasteiger charge is -2.34. The number of carbonyl (C=O) groups is 2. The van der Waals surface area contributed by atoms with Gasteiger partial charge in [-0.05, 0) is 29.8 Å². The van der Waals surface area contributed by atoms with Gasteiger partial charge in [0.25, 0.3) is 5.91 Å². The Bertz CT molecular complexity index is 739. The summed E-state index contributed by atoms with van der Waals surface area (Å²) in [5.41, 5.74) is 7.82. The molecule has 2 N–H and O–H groups in total. The van der Waals surface area contributed by atoms with Gasteiger partial charge in [0, 0.05) is 38.4 Å². The van der Waals surface area contributed by atoms with Crippen LogP contribution in [0.5, 0.6) is 0 Å². The van der Waals surface area contributed by atoms with Crippen LogP contribution in [-0.4, -0.2) is 54.5 Å². The van der Waals surface area contributed by atoms with E-state index in [4.69, 9.17) is 10.5 Å². The summed E-state index contributed by atoms with van der Waals surface area (Å²) in [7, 11) is 0. The van der Waals surface area contributed by atoms with Gasteiger partial charge in [0.15, 0.2) is 6.61 Å². The highest BCUT2D eigenvalue weighted by molar-refractivity contribution is 5.91. The topological polar surface area (TPSA) is 75.9 Å². The summed E-state index contributed by atoms with van der Waals surface area (Å²) >= 11 is 0. The predicted molar refractivity (Wildman–Crippen MR) is 99.4 cm³/mol. The number of hydrogen-bond acceptors (Lipinski definition) is 5. The second-order valence-electron chi connectivity index (χ2n) is 6.34. The third kappa shape index (κ3) is 4.83. The molecular formula is C20H23N3O3. The van der Waals surface area contributed by atoms with Gasteiger partial charge in [0.2, 0.25) is 0 Å². The molecule has 0 aliphatic carbocycles. The number of hydrogen-bond donors (Lipinski definition) is 1. The number of carbonyl (C=O) groups excluding carboxylic acids is 2. The minimum atomic E-state index is -0.513. The largest absolute Gasteiger partial charge is 0.452 e. The third-order valence-corrected chi connectivity index (χ3v) is 4.45. The molecule has 0 radical (unpaired) electrons. The minimum Gasteiger partial charge on any atom is -0.452 e. The Balaban J connectivity index is 1.42. The third-order valence-electron chi connectivity index (χ3n) is 4.45. The highest BCUT2D eigenvalue weighted by Crippen LogP contribution is 2.10. The van der Waals surface area contributed by atoms with Crippen LogP contribution in [0.15, 0.2) is 54.6 Å². The van der Waals surface area contributed by atoms with E-state index < -0.39 is 5.97 Å². The molecule has 1 saturated heterocycles. The molecule has 0 spiro atoms. The predicted octanol–water partition coefficient (Wildman–Crippen LogP) is 1.77. The Morgan fingerprint density at radius 2 is 1.58 bits per heavy atom. The van der Waals surface area contributed by atoms with E-state index in [1.54, 1.807) is 29.2 Å². The molecule has 6 nitrogen and oxygen atoms in total. The maximum atomic E-state index is 12.3. The summed E-state index contributed by atoms with van der Waals surface area (Å²) in [4.78, 5) is 28.3. The molecule has 2 aromatic carbocycles. The van der Waals surface area contributed by atoms with Crippen LogP contribution < -0.4 is 5.73 Å². The lowest BCUT2D eigenvalue weighted by atomic mass is 10.2. The number of nitrogen functional groups attached to an aromatic ring is 1. The van der Waals surface area contributed by atoms with Crippen molar-refractivity contribution in [3.63, 3.8) is 0 Å². The molecule has 1 aliphatic heterocycles. The highest BCUT2D eigenvalue weighted by atomic mass is 16.5. The molecule has 0 saturated carbocycles. The SMILES string of the molecule is Nc1ccc(C(=O)OCC(=O)N2CCN(Cc3ccccc3)CC2)cc1. The first-order valence-corrected chi connectivity index (χ1v) is 8.68. The lowest BCUT2D eigenvalue weighted by Crippen LogP contribution is -2.49. The van der Waals surface area contributed by atoms with Crippen molar-refractivity contribution in [3.8, 4) is 0 Å². The molecule has 1 amide bonds. The first-order valence-electron chi connectivity index (χ1n) is 8.68. The normalized spacial score (nSPS) is 14.8. The number of ether oxygens (including phenoxy) is 1. The van der Waals surface area contributed by atoms with Gasteiger partial charge in [-0.15, -0.1) is 0 Å². The van der Waals surface area contributed by atoms with E-state index in [0.29, 0.717) is 24.3 Å². The molecule has 6 heteroatoms. The number of nitrogens with zero attached hydrogens (tertiary/aromatic N) is 2. The van der Waals surface area contributed by atoms with Crippen molar-refractivity contribution in [3.05, 3.63) is 65.7 Å². The van der Waals surface area contributed by atoms with Crippen molar-refractivity contribution >= 4 is 17.6 Å². The van der Waals surface area contributed by atoms with Crippen molar-refractivity contribution in [1.29, 1.82) is 0 Å². The molecule has 0 unspecified atom stereocenters. The van der Waals surface area contributed by atoms with Gasteiger partial charge in [0.1, 0.15) is 0 Å². The zero-order chi connectivity index (χ0) is 18.4. The molecule has 1 aliphatic rings. The van der Waals surface area contributed by atoms with Crippen LogP contribution in [0.4, 0.5) is 5.69 Å². The number of rotatable bonds is 5. The van der Waals surface area contributed by atoms with E-state index in [-0.39, 0.29) is 12.5 Å². The van der Waals surface area contributed by atoms with E-state index >= 15 is 0 Å². The summed E-state index contributed by atoms with van der Waals surface area (Å²) in [5.74, 6) is -0.672. The maximum absolute atomic E-state index is 12.3. The number of piperazine rings is 1. The molecule has 0 aromatic heterocycles. The average molecular weight is 353 g/mol. The van der Waals surface area contributed by atoms with Gasteiger partial charge in [-0.3, -0.25) is 9.69 Å². The fraction of sp³-hybridized carbons (Fsp3) is 0.300. The molecule has 1 heterocycles. The fourth-order valence-electron chi connectivity index (χ4n) is 2.92. The molecule has 26 heavy (non-hydrogen) atoms. The summed E-state index contributed by atoms with van der Waals surface area (Å²) in [5, 5.41) is 0. The van der Waals surface area contributed by atoms with Crippen LogP contribution in [0.3, 0.4) is 0 Å². The van der Waals surface area contributed by atoms with Gasteiger partial charge in [-0.2, -0.15) is 0 Å². The van der Waals surface area contributed by atoms with Crippen molar-refractivity contribution in [2.45, 2.75) is 6.54 Å². The van der Waals surface area contributed by atoms with Gasteiger partial charge < -0.3 is 15.4 Å². The Morgan fingerprint density at radius 1 is 0.923 bits per heavy atom. The van der Waals surface area contributed by atoms with E-state index in [1.165, 1.54) is 5.56 Å². The summed E-state index contributed by atoms with van der Waals surface area (Å²) in [6, 6.07) is 16.7. The zero-order valence-electron chi connectivity index (χ0n) is 14.6. The van der Waals surface area contributed by atoms with Gasteiger partial charge >= 0.3 is 5.97 Å². The molecule has 1 fully saturated rings. The standard InChI is InChI=1S/C20H23N3O3/c21-18-8-6-17(7-9-18)20(25)26-15-19(24)23-12-10-22(11-13-23)14-16-4-2-1-3-5-16/h1-9H,10-15,21H2.